The van der Waals surface area contributed by atoms with Crippen LogP contribution in [0.25, 0.3) is 11.0 Å². The average molecular weight is 546 g/mol. The summed E-state index contributed by atoms with van der Waals surface area (Å²) < 4.78 is 33.9. The number of para-hydroxylation sites is 1. The first kappa shape index (κ1) is 26.6. The fraction of sp³-hybridized carbons (Fsp3) is 0.267. The lowest BCUT2D eigenvalue weighted by Crippen LogP contribution is -2.32. The third kappa shape index (κ3) is 5.89. The lowest BCUT2D eigenvalue weighted by molar-refractivity contribution is 0.0990. The topological polar surface area (TPSA) is 109 Å². The second-order valence-corrected chi connectivity index (χ2v) is 11.7. The predicted octanol–water partition coefficient (Wildman–Crippen LogP) is 5.85. The first-order valence-electron chi connectivity index (χ1n) is 13.1. The van der Waals surface area contributed by atoms with Crippen LogP contribution in [0.15, 0.2) is 82.1 Å². The van der Waals surface area contributed by atoms with Gasteiger partial charge >= 0.3 is 0 Å². The van der Waals surface area contributed by atoms with Crippen molar-refractivity contribution in [2.75, 3.05) is 30.3 Å². The van der Waals surface area contributed by atoms with E-state index in [9.17, 15) is 18.0 Å². The summed E-state index contributed by atoms with van der Waals surface area (Å²) in [5, 5.41) is 6.59. The molecule has 3 aromatic carbocycles. The van der Waals surface area contributed by atoms with E-state index >= 15 is 0 Å². The average Bonchev–Trinajstić information content (AvgIpc) is 3.08. The number of anilines is 2. The van der Waals surface area contributed by atoms with Gasteiger partial charge in [0.25, 0.3) is 5.91 Å². The van der Waals surface area contributed by atoms with Gasteiger partial charge in [-0.05, 0) is 61.7 Å². The van der Waals surface area contributed by atoms with E-state index in [0.717, 1.165) is 31.2 Å². The molecule has 1 saturated heterocycles. The Bertz CT molecular complexity index is 1620. The van der Waals surface area contributed by atoms with Crippen LogP contribution in [-0.2, 0) is 10.0 Å². The van der Waals surface area contributed by atoms with Gasteiger partial charge in [-0.25, -0.2) is 8.42 Å². The van der Waals surface area contributed by atoms with Crippen LogP contribution >= 0.6 is 0 Å². The predicted molar refractivity (Wildman–Crippen MR) is 152 cm³/mol. The maximum Gasteiger partial charge on any atom is 0.293 e. The number of Topliss-reactive ketones (excluding diaryl/α,β-unsaturated/α-hetero) is 1. The van der Waals surface area contributed by atoms with Crippen molar-refractivity contribution in [1.82, 2.24) is 4.31 Å². The monoisotopic (exact) mass is 545 g/mol. The number of ketones is 1. The van der Waals surface area contributed by atoms with Crippen LogP contribution in [0.3, 0.4) is 0 Å². The summed E-state index contributed by atoms with van der Waals surface area (Å²) in [7, 11) is -3.69. The summed E-state index contributed by atoms with van der Waals surface area (Å²) in [5.41, 5.74) is 2.81. The highest BCUT2D eigenvalue weighted by molar-refractivity contribution is 7.89. The molecule has 1 aliphatic rings. The summed E-state index contributed by atoms with van der Waals surface area (Å²) >= 11 is 0. The standard InChI is InChI=1S/C30H31N3O5S/c1-21-10-8-12-23(18-21)32-30(35)29-28(25-14-4-5-15-27(25)38-29)31-20-26(34)22-11-9-13-24(19-22)39(36,37)33-16-6-2-3-7-17-33/h4-5,8-15,18-19,31H,2-3,6-7,16-17,20H2,1H3,(H,32,35). The molecule has 0 saturated carbocycles. The third-order valence-corrected chi connectivity index (χ3v) is 8.76. The minimum Gasteiger partial charge on any atom is -0.449 e. The van der Waals surface area contributed by atoms with Crippen LogP contribution in [0.5, 0.6) is 0 Å². The molecule has 0 atom stereocenters. The van der Waals surface area contributed by atoms with Gasteiger partial charge in [0.1, 0.15) is 5.58 Å². The Morgan fingerprint density at radius 2 is 1.64 bits per heavy atom. The highest BCUT2D eigenvalue weighted by Gasteiger charge is 2.26. The Hall–Kier alpha value is -3.95. The number of nitrogens with zero attached hydrogens (tertiary/aromatic N) is 1. The fourth-order valence-corrected chi connectivity index (χ4v) is 6.39. The van der Waals surface area contributed by atoms with E-state index in [0.29, 0.717) is 35.4 Å². The van der Waals surface area contributed by atoms with E-state index in [4.69, 9.17) is 4.42 Å². The molecule has 5 rings (SSSR count). The zero-order chi connectivity index (χ0) is 27.4. The van der Waals surface area contributed by atoms with Crippen molar-refractivity contribution in [3.8, 4) is 0 Å². The molecule has 202 valence electrons. The molecule has 2 N–H and O–H groups in total. The zero-order valence-corrected chi connectivity index (χ0v) is 22.6. The minimum absolute atomic E-state index is 0.0583. The molecule has 4 aromatic rings. The number of amides is 1. The number of benzene rings is 3. The van der Waals surface area contributed by atoms with Gasteiger partial charge in [-0.3, -0.25) is 9.59 Å². The number of furan rings is 1. The van der Waals surface area contributed by atoms with Gasteiger partial charge < -0.3 is 15.1 Å². The summed E-state index contributed by atoms with van der Waals surface area (Å²) in [6.45, 7) is 2.76. The van der Waals surface area contributed by atoms with Crippen molar-refractivity contribution in [3.63, 3.8) is 0 Å². The van der Waals surface area contributed by atoms with Gasteiger partial charge in [-0.1, -0.05) is 49.2 Å². The number of aryl methyl sites for hydroxylation is 1. The van der Waals surface area contributed by atoms with Crippen LogP contribution in [0, 0.1) is 6.92 Å². The molecule has 0 radical (unpaired) electrons. The maximum absolute atomic E-state index is 13.2. The smallest absolute Gasteiger partial charge is 0.293 e. The van der Waals surface area contributed by atoms with Crippen molar-refractivity contribution in [2.24, 2.45) is 0 Å². The lowest BCUT2D eigenvalue weighted by atomic mass is 10.1. The molecular formula is C30H31N3O5S. The third-order valence-electron chi connectivity index (χ3n) is 6.86. The van der Waals surface area contributed by atoms with Crippen molar-refractivity contribution in [2.45, 2.75) is 37.5 Å². The lowest BCUT2D eigenvalue weighted by Gasteiger charge is -2.20. The molecule has 0 unspecified atom stereocenters. The molecule has 1 aliphatic heterocycles. The molecule has 0 spiro atoms. The summed E-state index contributed by atoms with van der Waals surface area (Å²) in [5.74, 6) is -0.696. The van der Waals surface area contributed by atoms with Gasteiger partial charge in [-0.15, -0.1) is 0 Å². The second-order valence-electron chi connectivity index (χ2n) is 9.75. The number of fused-ring (bicyclic) bond motifs is 1. The number of carbonyl (C=O) groups excluding carboxylic acids is 2. The Balaban J connectivity index is 1.36. The van der Waals surface area contributed by atoms with Crippen LogP contribution < -0.4 is 10.6 Å². The van der Waals surface area contributed by atoms with E-state index < -0.39 is 15.9 Å². The number of nitrogens with one attached hydrogen (secondary N) is 2. The van der Waals surface area contributed by atoms with E-state index in [1.54, 1.807) is 30.3 Å². The SMILES string of the molecule is Cc1cccc(NC(=O)c2oc3ccccc3c2NCC(=O)c2cccc(S(=O)(=O)N3CCCCCC3)c2)c1. The van der Waals surface area contributed by atoms with E-state index in [2.05, 4.69) is 10.6 Å². The van der Waals surface area contributed by atoms with E-state index in [-0.39, 0.29) is 28.5 Å². The van der Waals surface area contributed by atoms with Crippen molar-refractivity contribution < 1.29 is 22.4 Å². The number of hydrogen-bond donors (Lipinski definition) is 2. The normalized spacial score (nSPS) is 14.6. The number of sulfonamides is 1. The number of rotatable bonds is 8. The van der Waals surface area contributed by atoms with Gasteiger partial charge in [0, 0.05) is 29.7 Å². The first-order chi connectivity index (χ1) is 18.8. The second kappa shape index (κ2) is 11.4. The largest absolute Gasteiger partial charge is 0.449 e. The van der Waals surface area contributed by atoms with Gasteiger partial charge in [0.05, 0.1) is 17.1 Å². The molecule has 9 heteroatoms. The Morgan fingerprint density at radius 1 is 0.897 bits per heavy atom. The molecule has 0 aliphatic carbocycles. The van der Waals surface area contributed by atoms with Crippen molar-refractivity contribution >= 4 is 44.1 Å². The first-order valence-corrected chi connectivity index (χ1v) is 14.5. The zero-order valence-electron chi connectivity index (χ0n) is 21.8. The van der Waals surface area contributed by atoms with E-state index in [1.807, 2.05) is 37.3 Å². The minimum atomic E-state index is -3.69. The molecule has 0 bridgehead atoms. The number of hydrogen-bond acceptors (Lipinski definition) is 6. The van der Waals surface area contributed by atoms with Crippen LogP contribution in [-0.4, -0.2) is 44.0 Å². The molecule has 1 fully saturated rings. The highest BCUT2D eigenvalue weighted by atomic mass is 32.2. The van der Waals surface area contributed by atoms with Gasteiger partial charge in [-0.2, -0.15) is 4.31 Å². The van der Waals surface area contributed by atoms with Crippen LogP contribution in [0.2, 0.25) is 0 Å². The molecule has 1 amide bonds. The molecule has 39 heavy (non-hydrogen) atoms. The fourth-order valence-electron chi connectivity index (χ4n) is 4.82. The molecular weight excluding hydrogens is 514 g/mol. The number of carbonyl (C=O) groups is 2. The highest BCUT2D eigenvalue weighted by Crippen LogP contribution is 2.32. The maximum atomic E-state index is 13.2. The van der Waals surface area contributed by atoms with Crippen molar-refractivity contribution in [1.29, 1.82) is 0 Å². The van der Waals surface area contributed by atoms with Gasteiger partial charge in [0.15, 0.2) is 5.78 Å². The molecule has 1 aromatic heterocycles. The Labute approximate surface area is 228 Å². The van der Waals surface area contributed by atoms with Crippen molar-refractivity contribution in [3.05, 3.63) is 89.7 Å². The summed E-state index contributed by atoms with van der Waals surface area (Å²) in [6.07, 6.45) is 3.70. The van der Waals surface area contributed by atoms with E-state index in [1.165, 1.54) is 16.4 Å². The van der Waals surface area contributed by atoms with Crippen LogP contribution in [0.4, 0.5) is 11.4 Å². The van der Waals surface area contributed by atoms with Crippen LogP contribution in [0.1, 0.15) is 52.2 Å². The van der Waals surface area contributed by atoms with Gasteiger partial charge in [0.2, 0.25) is 15.8 Å². The quantitative estimate of drug-likeness (QED) is 0.269. The Morgan fingerprint density at radius 3 is 2.41 bits per heavy atom. The molecule has 2 heterocycles. The molecule has 8 nitrogen and oxygen atoms in total. The summed E-state index contributed by atoms with van der Waals surface area (Å²) in [6, 6.07) is 20.8. The summed E-state index contributed by atoms with van der Waals surface area (Å²) in [4.78, 5) is 26.5. The Kier molecular flexibility index (Phi) is 7.81.